The molecule has 0 radical (unpaired) electrons. The largest absolute Gasteiger partial charge is 0.357 e. The summed E-state index contributed by atoms with van der Waals surface area (Å²) in [5.74, 6) is 0. The Morgan fingerprint density at radius 2 is 1.40 bits per heavy atom. The van der Waals surface area contributed by atoms with Gasteiger partial charge in [0.1, 0.15) is 0 Å². The molecule has 0 amide bonds. The van der Waals surface area contributed by atoms with Gasteiger partial charge in [-0.3, -0.25) is 0 Å². The number of rotatable bonds is 0. The molecular weight excluding hydrogens is 262 g/mol. The summed E-state index contributed by atoms with van der Waals surface area (Å²) >= 11 is 2.01. The van der Waals surface area contributed by atoms with Gasteiger partial charge >= 0.3 is 0 Å². The van der Waals surface area contributed by atoms with Crippen molar-refractivity contribution in [1.82, 2.24) is 0 Å². The van der Waals surface area contributed by atoms with E-state index in [-0.39, 0.29) is 0 Å². The Labute approximate surface area is 127 Å². The lowest BCUT2D eigenvalue weighted by molar-refractivity contribution is 0.561. The SMILES string of the molecule is c1ccc2c(c1)NC1=C(CCCCCCCCCC1)S2. The summed E-state index contributed by atoms with van der Waals surface area (Å²) in [6.07, 6.45) is 13.7. The van der Waals surface area contributed by atoms with Crippen LogP contribution >= 0.6 is 11.8 Å². The van der Waals surface area contributed by atoms with Gasteiger partial charge in [0.25, 0.3) is 0 Å². The minimum Gasteiger partial charge on any atom is -0.357 e. The van der Waals surface area contributed by atoms with E-state index in [1.807, 2.05) is 11.8 Å². The molecule has 0 saturated carbocycles. The third kappa shape index (κ3) is 3.60. The Balaban J connectivity index is 1.74. The van der Waals surface area contributed by atoms with Gasteiger partial charge < -0.3 is 5.32 Å². The molecule has 0 fully saturated rings. The molecule has 0 atom stereocenters. The molecule has 1 aliphatic carbocycles. The summed E-state index contributed by atoms with van der Waals surface area (Å²) in [4.78, 5) is 3.00. The van der Waals surface area contributed by atoms with E-state index >= 15 is 0 Å². The molecule has 1 heterocycles. The predicted octanol–water partition coefficient (Wildman–Crippen LogP) is 6.33. The Hall–Kier alpha value is -0.890. The average molecular weight is 287 g/mol. The molecule has 1 nitrogen and oxygen atoms in total. The lowest BCUT2D eigenvalue weighted by Gasteiger charge is -2.24. The van der Waals surface area contributed by atoms with Crippen LogP contribution in [0.3, 0.4) is 0 Å². The Kier molecular flexibility index (Phi) is 5.07. The smallest absolute Gasteiger partial charge is 0.0523 e. The minimum atomic E-state index is 1.23. The second-order valence-electron chi connectivity index (χ2n) is 5.95. The first-order valence-electron chi connectivity index (χ1n) is 8.19. The highest BCUT2D eigenvalue weighted by molar-refractivity contribution is 8.03. The maximum Gasteiger partial charge on any atom is 0.0523 e. The molecule has 0 unspecified atom stereocenters. The molecule has 20 heavy (non-hydrogen) atoms. The van der Waals surface area contributed by atoms with Crippen molar-refractivity contribution in [2.75, 3.05) is 5.32 Å². The lowest BCUT2D eigenvalue weighted by Crippen LogP contribution is -2.08. The fourth-order valence-corrected chi connectivity index (χ4v) is 4.30. The third-order valence-corrected chi connectivity index (χ3v) is 5.60. The number of allylic oxidation sites excluding steroid dienone is 2. The highest BCUT2D eigenvalue weighted by Crippen LogP contribution is 2.42. The summed E-state index contributed by atoms with van der Waals surface area (Å²) in [6, 6.07) is 8.73. The summed E-state index contributed by atoms with van der Waals surface area (Å²) < 4.78 is 0. The summed E-state index contributed by atoms with van der Waals surface area (Å²) in [6.45, 7) is 0. The van der Waals surface area contributed by atoms with Gasteiger partial charge in [0.15, 0.2) is 0 Å². The van der Waals surface area contributed by atoms with Crippen molar-refractivity contribution < 1.29 is 0 Å². The fraction of sp³-hybridized carbons (Fsp3) is 0.556. The first kappa shape index (κ1) is 14.1. The van der Waals surface area contributed by atoms with Crippen LogP contribution in [0, 0.1) is 0 Å². The predicted molar refractivity (Wildman–Crippen MR) is 89.1 cm³/mol. The Bertz CT molecular complexity index is 435. The summed E-state index contributed by atoms with van der Waals surface area (Å²) in [5, 5.41) is 3.71. The van der Waals surface area contributed by atoms with Crippen molar-refractivity contribution in [3.8, 4) is 0 Å². The number of hydrogen-bond acceptors (Lipinski definition) is 2. The van der Waals surface area contributed by atoms with Gasteiger partial charge in [0.05, 0.1) is 5.69 Å². The standard InChI is InChI=1S/C18H25NS/c1-2-4-6-8-13-17-15(11-7-5-3-1)19-16-12-9-10-14-18(16)20-17/h9-10,12,14,19H,1-8,11,13H2. The first-order valence-corrected chi connectivity index (χ1v) is 9.01. The van der Waals surface area contributed by atoms with Crippen LogP contribution in [0.4, 0.5) is 5.69 Å². The molecule has 0 bridgehead atoms. The van der Waals surface area contributed by atoms with Gasteiger partial charge in [-0.05, 0) is 37.8 Å². The van der Waals surface area contributed by atoms with E-state index in [0.717, 1.165) is 0 Å². The number of benzene rings is 1. The van der Waals surface area contributed by atoms with E-state index in [1.54, 1.807) is 4.91 Å². The fourth-order valence-electron chi connectivity index (χ4n) is 3.14. The Morgan fingerprint density at radius 1 is 0.750 bits per heavy atom. The van der Waals surface area contributed by atoms with Gasteiger partial charge in [0.2, 0.25) is 0 Å². The molecule has 1 N–H and O–H groups in total. The number of nitrogens with one attached hydrogen (secondary N) is 1. The van der Waals surface area contributed by atoms with Gasteiger partial charge in [-0.15, -0.1) is 0 Å². The average Bonchev–Trinajstić information content (AvgIpc) is 2.47. The number of thioether (sulfide) groups is 1. The summed E-state index contributed by atoms with van der Waals surface area (Å²) in [7, 11) is 0. The van der Waals surface area contributed by atoms with Gasteiger partial charge in [-0.2, -0.15) is 0 Å². The molecule has 108 valence electrons. The zero-order valence-corrected chi connectivity index (χ0v) is 13.1. The van der Waals surface area contributed by atoms with Crippen molar-refractivity contribution >= 4 is 17.4 Å². The van der Waals surface area contributed by atoms with E-state index in [9.17, 15) is 0 Å². The van der Waals surface area contributed by atoms with Gasteiger partial charge in [0, 0.05) is 15.5 Å². The monoisotopic (exact) mass is 287 g/mol. The van der Waals surface area contributed by atoms with Crippen LogP contribution in [-0.4, -0.2) is 0 Å². The van der Waals surface area contributed by atoms with Crippen molar-refractivity contribution in [1.29, 1.82) is 0 Å². The molecule has 1 aromatic carbocycles. The van der Waals surface area contributed by atoms with Crippen LogP contribution in [0.5, 0.6) is 0 Å². The number of hydrogen-bond donors (Lipinski definition) is 1. The van der Waals surface area contributed by atoms with Crippen LogP contribution < -0.4 is 5.32 Å². The minimum absolute atomic E-state index is 1.23. The lowest BCUT2D eigenvalue weighted by atomic mass is 10.0. The van der Waals surface area contributed by atoms with Gasteiger partial charge in [-0.25, -0.2) is 0 Å². The second-order valence-corrected chi connectivity index (χ2v) is 7.09. The van der Waals surface area contributed by atoms with E-state index < -0.39 is 0 Å². The molecule has 2 heteroatoms. The normalized spacial score (nSPS) is 21.0. The molecule has 1 aromatic rings. The maximum absolute atomic E-state index is 3.71. The van der Waals surface area contributed by atoms with E-state index in [2.05, 4.69) is 29.6 Å². The Morgan fingerprint density at radius 3 is 2.20 bits per heavy atom. The zero-order chi connectivity index (χ0) is 13.6. The number of fused-ring (bicyclic) bond motifs is 1. The molecule has 0 aromatic heterocycles. The highest BCUT2D eigenvalue weighted by atomic mass is 32.2. The quantitative estimate of drug-likeness (QED) is 0.598. The highest BCUT2D eigenvalue weighted by Gasteiger charge is 2.17. The van der Waals surface area contributed by atoms with Crippen LogP contribution in [0.1, 0.15) is 64.2 Å². The summed E-state index contributed by atoms with van der Waals surface area (Å²) in [5.41, 5.74) is 2.82. The second kappa shape index (κ2) is 7.21. The molecule has 3 rings (SSSR count). The third-order valence-electron chi connectivity index (χ3n) is 4.32. The number of para-hydroxylation sites is 1. The van der Waals surface area contributed by atoms with E-state index in [0.29, 0.717) is 0 Å². The van der Waals surface area contributed by atoms with Crippen molar-refractivity contribution in [3.63, 3.8) is 0 Å². The molecule has 2 aliphatic rings. The van der Waals surface area contributed by atoms with Gasteiger partial charge in [-0.1, -0.05) is 62.4 Å². The molecule has 0 saturated heterocycles. The van der Waals surface area contributed by atoms with E-state index in [4.69, 9.17) is 0 Å². The van der Waals surface area contributed by atoms with Crippen LogP contribution in [0.2, 0.25) is 0 Å². The maximum atomic E-state index is 3.71. The van der Waals surface area contributed by atoms with Crippen LogP contribution in [-0.2, 0) is 0 Å². The molecule has 0 spiro atoms. The molecule has 1 aliphatic heterocycles. The van der Waals surface area contributed by atoms with Crippen molar-refractivity contribution in [3.05, 3.63) is 34.9 Å². The topological polar surface area (TPSA) is 12.0 Å². The number of anilines is 1. The molecular formula is C18H25NS. The zero-order valence-electron chi connectivity index (χ0n) is 12.3. The van der Waals surface area contributed by atoms with Crippen molar-refractivity contribution in [2.24, 2.45) is 0 Å². The van der Waals surface area contributed by atoms with Crippen LogP contribution in [0.15, 0.2) is 39.8 Å². The van der Waals surface area contributed by atoms with E-state index in [1.165, 1.54) is 80.5 Å². The van der Waals surface area contributed by atoms with Crippen molar-refractivity contribution in [2.45, 2.75) is 69.1 Å². The first-order chi connectivity index (χ1) is 9.93. The van der Waals surface area contributed by atoms with Crippen LogP contribution in [0.25, 0.3) is 0 Å².